The molecule has 1 aliphatic rings. The van der Waals surface area contributed by atoms with Gasteiger partial charge in [-0.2, -0.15) is 0 Å². The first-order valence-electron chi connectivity index (χ1n) is 9.86. The summed E-state index contributed by atoms with van der Waals surface area (Å²) in [5.41, 5.74) is 1.22. The number of para-hydroxylation sites is 1. The third kappa shape index (κ3) is 4.79. The van der Waals surface area contributed by atoms with Crippen LogP contribution in [0.5, 0.6) is 5.75 Å². The summed E-state index contributed by atoms with van der Waals surface area (Å²) in [5.74, 6) is 0.457. The van der Waals surface area contributed by atoms with E-state index in [0.29, 0.717) is 11.3 Å². The van der Waals surface area contributed by atoms with Gasteiger partial charge in [-0.15, -0.1) is 0 Å². The Hall–Kier alpha value is -2.38. The average Bonchev–Trinajstić information content (AvgIpc) is 3.24. The lowest BCUT2D eigenvalue weighted by atomic mass is 10.0. The van der Waals surface area contributed by atoms with Crippen molar-refractivity contribution in [3.05, 3.63) is 59.7 Å². The van der Waals surface area contributed by atoms with Crippen LogP contribution in [0.4, 0.5) is 0 Å². The first kappa shape index (κ1) is 21.3. The Morgan fingerprint density at radius 2 is 1.83 bits per heavy atom. The molecule has 0 radical (unpaired) electrons. The Kier molecular flexibility index (Phi) is 6.59. The summed E-state index contributed by atoms with van der Waals surface area (Å²) in [5, 5.41) is 0. The van der Waals surface area contributed by atoms with Crippen LogP contribution in [0.15, 0.2) is 53.4 Å². The monoisotopic (exact) mass is 416 g/mol. The standard InChI is InChI=1S/C22H28N2O4S/c1-16(20-13-6-7-14-21(20)28-3)24(2)22(25)17-9-8-12-19(15-17)29(26,27)23-18-10-4-5-11-18/h6-9,12-16,18,23H,4-5,10-11H2,1-3H3. The number of carbonyl (C=O) groups is 1. The summed E-state index contributed by atoms with van der Waals surface area (Å²) in [6.07, 6.45) is 3.79. The largest absolute Gasteiger partial charge is 0.496 e. The molecule has 1 N–H and O–H groups in total. The number of nitrogens with one attached hydrogen (secondary N) is 1. The lowest BCUT2D eigenvalue weighted by molar-refractivity contribution is 0.0741. The second-order valence-electron chi connectivity index (χ2n) is 7.46. The fourth-order valence-corrected chi connectivity index (χ4v) is 5.08. The summed E-state index contributed by atoms with van der Waals surface area (Å²) in [7, 11) is -0.347. The van der Waals surface area contributed by atoms with Crippen molar-refractivity contribution in [1.29, 1.82) is 0 Å². The van der Waals surface area contributed by atoms with Gasteiger partial charge in [0, 0.05) is 24.2 Å². The van der Waals surface area contributed by atoms with Crippen LogP contribution in [0.25, 0.3) is 0 Å². The molecule has 7 heteroatoms. The van der Waals surface area contributed by atoms with E-state index in [9.17, 15) is 13.2 Å². The normalized spacial score (nSPS) is 15.8. The van der Waals surface area contributed by atoms with Gasteiger partial charge in [0.1, 0.15) is 5.75 Å². The molecule has 1 aliphatic carbocycles. The van der Waals surface area contributed by atoms with Crippen LogP contribution in [-0.4, -0.2) is 39.4 Å². The second-order valence-corrected chi connectivity index (χ2v) is 9.18. The molecule has 1 saturated carbocycles. The smallest absolute Gasteiger partial charge is 0.254 e. The SMILES string of the molecule is COc1ccccc1C(C)N(C)C(=O)c1cccc(S(=O)(=O)NC2CCCC2)c1. The van der Waals surface area contributed by atoms with E-state index >= 15 is 0 Å². The van der Waals surface area contributed by atoms with Crippen molar-refractivity contribution >= 4 is 15.9 Å². The van der Waals surface area contributed by atoms with E-state index in [-0.39, 0.29) is 22.9 Å². The van der Waals surface area contributed by atoms with Crippen molar-refractivity contribution in [2.45, 2.75) is 49.6 Å². The summed E-state index contributed by atoms with van der Waals surface area (Å²) in [4.78, 5) is 14.8. The highest BCUT2D eigenvalue weighted by molar-refractivity contribution is 7.89. The number of hydrogen-bond donors (Lipinski definition) is 1. The van der Waals surface area contributed by atoms with Gasteiger partial charge in [0.15, 0.2) is 0 Å². The molecule has 1 amide bonds. The van der Waals surface area contributed by atoms with Crippen LogP contribution in [0, 0.1) is 0 Å². The van der Waals surface area contributed by atoms with E-state index in [0.717, 1.165) is 31.2 Å². The van der Waals surface area contributed by atoms with Crippen molar-refractivity contribution in [1.82, 2.24) is 9.62 Å². The van der Waals surface area contributed by atoms with Gasteiger partial charge >= 0.3 is 0 Å². The first-order chi connectivity index (χ1) is 13.8. The molecule has 2 aromatic rings. The fraction of sp³-hybridized carbons (Fsp3) is 0.409. The van der Waals surface area contributed by atoms with E-state index in [1.807, 2.05) is 31.2 Å². The Labute approximate surface area is 172 Å². The quantitative estimate of drug-likeness (QED) is 0.746. The zero-order chi connectivity index (χ0) is 21.0. The highest BCUT2D eigenvalue weighted by atomic mass is 32.2. The van der Waals surface area contributed by atoms with Gasteiger partial charge in [0.05, 0.1) is 18.0 Å². The predicted molar refractivity (Wildman–Crippen MR) is 113 cm³/mol. The molecule has 0 saturated heterocycles. The van der Waals surface area contributed by atoms with Crippen molar-refractivity contribution in [2.24, 2.45) is 0 Å². The number of carbonyl (C=O) groups excluding carboxylic acids is 1. The summed E-state index contributed by atoms with van der Waals surface area (Å²) >= 11 is 0. The van der Waals surface area contributed by atoms with Crippen LogP contribution in [-0.2, 0) is 10.0 Å². The van der Waals surface area contributed by atoms with Gasteiger partial charge in [0.25, 0.3) is 5.91 Å². The molecule has 1 unspecified atom stereocenters. The minimum absolute atomic E-state index is 0.0207. The molecule has 29 heavy (non-hydrogen) atoms. The average molecular weight is 417 g/mol. The Morgan fingerprint density at radius 1 is 1.14 bits per heavy atom. The van der Waals surface area contributed by atoms with E-state index in [1.165, 1.54) is 12.1 Å². The number of hydrogen-bond acceptors (Lipinski definition) is 4. The minimum atomic E-state index is -3.65. The Morgan fingerprint density at radius 3 is 2.52 bits per heavy atom. The fourth-order valence-electron chi connectivity index (χ4n) is 3.73. The maximum atomic E-state index is 13.1. The highest BCUT2D eigenvalue weighted by Crippen LogP contribution is 2.29. The van der Waals surface area contributed by atoms with Crippen LogP contribution in [0.1, 0.15) is 54.6 Å². The van der Waals surface area contributed by atoms with E-state index in [2.05, 4.69) is 4.72 Å². The van der Waals surface area contributed by atoms with Gasteiger partial charge in [0.2, 0.25) is 10.0 Å². The number of ether oxygens (including phenoxy) is 1. The van der Waals surface area contributed by atoms with Crippen LogP contribution in [0.3, 0.4) is 0 Å². The molecule has 0 aliphatic heterocycles. The second kappa shape index (κ2) is 8.97. The molecular formula is C22H28N2O4S. The molecule has 3 rings (SSSR count). The zero-order valence-corrected chi connectivity index (χ0v) is 17.9. The predicted octanol–water partition coefficient (Wildman–Crippen LogP) is 3.75. The molecule has 6 nitrogen and oxygen atoms in total. The number of nitrogens with zero attached hydrogens (tertiary/aromatic N) is 1. The van der Waals surface area contributed by atoms with Crippen molar-refractivity contribution < 1.29 is 17.9 Å². The number of methoxy groups -OCH3 is 1. The summed E-state index contributed by atoms with van der Waals surface area (Å²) in [6, 6.07) is 13.5. The molecular weight excluding hydrogens is 388 g/mol. The van der Waals surface area contributed by atoms with Gasteiger partial charge < -0.3 is 9.64 Å². The molecule has 0 spiro atoms. The Bertz CT molecular complexity index is 968. The maximum absolute atomic E-state index is 13.1. The highest BCUT2D eigenvalue weighted by Gasteiger charge is 2.25. The third-order valence-corrected chi connectivity index (χ3v) is 7.08. The maximum Gasteiger partial charge on any atom is 0.254 e. The third-order valence-electron chi connectivity index (χ3n) is 5.56. The Balaban J connectivity index is 1.81. The zero-order valence-electron chi connectivity index (χ0n) is 17.1. The summed E-state index contributed by atoms with van der Waals surface area (Å²) in [6.45, 7) is 1.91. The van der Waals surface area contributed by atoms with Crippen LogP contribution in [0.2, 0.25) is 0 Å². The van der Waals surface area contributed by atoms with E-state index < -0.39 is 10.0 Å². The molecule has 156 valence electrons. The van der Waals surface area contributed by atoms with E-state index in [4.69, 9.17) is 4.74 Å². The first-order valence-corrected chi connectivity index (χ1v) is 11.3. The van der Waals surface area contributed by atoms with E-state index in [1.54, 1.807) is 31.2 Å². The molecule has 0 heterocycles. The number of amides is 1. The van der Waals surface area contributed by atoms with Gasteiger partial charge in [-0.05, 0) is 44.0 Å². The topological polar surface area (TPSA) is 75.7 Å². The van der Waals surface area contributed by atoms with Crippen molar-refractivity contribution in [3.8, 4) is 5.75 Å². The number of benzene rings is 2. The lowest BCUT2D eigenvalue weighted by Gasteiger charge is -2.27. The van der Waals surface area contributed by atoms with Crippen LogP contribution < -0.4 is 9.46 Å². The lowest BCUT2D eigenvalue weighted by Crippen LogP contribution is -2.33. The van der Waals surface area contributed by atoms with Crippen molar-refractivity contribution in [3.63, 3.8) is 0 Å². The summed E-state index contributed by atoms with van der Waals surface area (Å²) < 4.78 is 33.6. The molecule has 2 aromatic carbocycles. The molecule has 0 aromatic heterocycles. The van der Waals surface area contributed by atoms with Crippen molar-refractivity contribution in [2.75, 3.05) is 14.2 Å². The minimum Gasteiger partial charge on any atom is -0.496 e. The molecule has 1 fully saturated rings. The number of rotatable bonds is 7. The van der Waals surface area contributed by atoms with Crippen LogP contribution >= 0.6 is 0 Å². The van der Waals surface area contributed by atoms with Gasteiger partial charge in [-0.1, -0.05) is 37.1 Å². The number of sulfonamides is 1. The van der Waals surface area contributed by atoms with Gasteiger partial charge in [-0.3, -0.25) is 4.79 Å². The molecule has 1 atom stereocenters. The van der Waals surface area contributed by atoms with Gasteiger partial charge in [-0.25, -0.2) is 13.1 Å². The molecule has 0 bridgehead atoms.